The van der Waals surface area contributed by atoms with E-state index in [2.05, 4.69) is 20.6 Å². The number of aryl methyl sites for hydroxylation is 1. The molecule has 0 aliphatic carbocycles. The van der Waals surface area contributed by atoms with Crippen molar-refractivity contribution < 1.29 is 9.53 Å². The molecule has 3 aromatic rings. The van der Waals surface area contributed by atoms with Crippen molar-refractivity contribution >= 4 is 23.1 Å². The van der Waals surface area contributed by atoms with Gasteiger partial charge >= 0.3 is 0 Å². The molecule has 1 aromatic heterocycles. The first-order chi connectivity index (χ1) is 13.1. The Kier molecular flexibility index (Phi) is 5.28. The van der Waals surface area contributed by atoms with E-state index in [1.54, 1.807) is 44.4 Å². The van der Waals surface area contributed by atoms with Crippen LogP contribution in [0.4, 0.5) is 17.2 Å². The summed E-state index contributed by atoms with van der Waals surface area (Å²) in [5.74, 6) is 1.21. The maximum atomic E-state index is 12.6. The van der Waals surface area contributed by atoms with E-state index in [4.69, 9.17) is 10.00 Å². The molecule has 0 aliphatic rings. The molecule has 2 N–H and O–H groups in total. The summed E-state index contributed by atoms with van der Waals surface area (Å²) in [5, 5.41) is 15.0. The van der Waals surface area contributed by atoms with Crippen LogP contribution in [0.3, 0.4) is 0 Å². The zero-order valence-corrected chi connectivity index (χ0v) is 14.9. The summed E-state index contributed by atoms with van der Waals surface area (Å²) in [7, 11) is 1.59. The third kappa shape index (κ3) is 4.38. The minimum atomic E-state index is -0.420. The van der Waals surface area contributed by atoms with E-state index >= 15 is 0 Å². The van der Waals surface area contributed by atoms with E-state index in [-0.39, 0.29) is 5.69 Å². The summed E-state index contributed by atoms with van der Waals surface area (Å²) < 4.78 is 5.20. The number of aromatic nitrogens is 2. The number of anilines is 3. The van der Waals surface area contributed by atoms with Gasteiger partial charge in [0.05, 0.1) is 18.4 Å². The molecule has 7 heteroatoms. The highest BCUT2D eigenvalue weighted by atomic mass is 16.5. The standard InChI is InChI=1S/C20H17N5O2/c1-13-22-18(20(26)25-17-9-4-3-6-14(17)12-21)11-19(23-13)24-15-7-5-8-16(10-15)27-2/h3-11H,1-2H3,(H,25,26)(H,22,23,24). The lowest BCUT2D eigenvalue weighted by Gasteiger charge is -2.10. The number of nitrogens with zero attached hydrogens (tertiary/aromatic N) is 3. The van der Waals surface area contributed by atoms with E-state index < -0.39 is 5.91 Å². The number of hydrogen-bond donors (Lipinski definition) is 2. The van der Waals surface area contributed by atoms with Crippen LogP contribution in [0.25, 0.3) is 0 Å². The Bertz CT molecular complexity index is 1030. The predicted molar refractivity (Wildman–Crippen MR) is 102 cm³/mol. The van der Waals surface area contributed by atoms with Crippen LogP contribution in [0.1, 0.15) is 21.9 Å². The number of hydrogen-bond acceptors (Lipinski definition) is 6. The highest BCUT2D eigenvalue weighted by molar-refractivity contribution is 6.04. The minimum absolute atomic E-state index is 0.195. The minimum Gasteiger partial charge on any atom is -0.497 e. The maximum Gasteiger partial charge on any atom is 0.274 e. The molecule has 0 bridgehead atoms. The summed E-state index contributed by atoms with van der Waals surface area (Å²) in [6.07, 6.45) is 0. The van der Waals surface area contributed by atoms with E-state index in [0.29, 0.717) is 28.6 Å². The molecular weight excluding hydrogens is 342 g/mol. The largest absolute Gasteiger partial charge is 0.497 e. The van der Waals surface area contributed by atoms with Crippen molar-refractivity contribution in [3.63, 3.8) is 0 Å². The molecule has 1 amide bonds. The van der Waals surface area contributed by atoms with Crippen molar-refractivity contribution in [2.24, 2.45) is 0 Å². The Balaban J connectivity index is 1.84. The van der Waals surface area contributed by atoms with Gasteiger partial charge in [0.2, 0.25) is 0 Å². The van der Waals surface area contributed by atoms with Crippen molar-refractivity contribution in [1.82, 2.24) is 9.97 Å². The average molecular weight is 359 g/mol. The number of ether oxygens (including phenoxy) is 1. The van der Waals surface area contributed by atoms with Gasteiger partial charge in [-0.15, -0.1) is 0 Å². The van der Waals surface area contributed by atoms with Crippen LogP contribution in [0, 0.1) is 18.3 Å². The zero-order valence-electron chi connectivity index (χ0n) is 14.9. The number of carbonyl (C=O) groups excluding carboxylic acids is 1. The normalized spacial score (nSPS) is 9.96. The topological polar surface area (TPSA) is 99.9 Å². The fraction of sp³-hybridized carbons (Fsp3) is 0.100. The molecule has 3 rings (SSSR count). The number of benzene rings is 2. The van der Waals surface area contributed by atoms with Crippen LogP contribution in [0.5, 0.6) is 5.75 Å². The Morgan fingerprint density at radius 1 is 1.11 bits per heavy atom. The molecule has 134 valence electrons. The number of para-hydroxylation sites is 1. The maximum absolute atomic E-state index is 12.6. The van der Waals surface area contributed by atoms with Crippen molar-refractivity contribution in [1.29, 1.82) is 5.26 Å². The molecule has 1 heterocycles. The van der Waals surface area contributed by atoms with E-state index in [1.807, 2.05) is 30.3 Å². The first-order valence-corrected chi connectivity index (χ1v) is 8.16. The lowest BCUT2D eigenvalue weighted by molar-refractivity contribution is 0.102. The van der Waals surface area contributed by atoms with Gasteiger partial charge in [0.25, 0.3) is 5.91 Å². The van der Waals surface area contributed by atoms with Crippen molar-refractivity contribution in [2.75, 3.05) is 17.7 Å². The number of rotatable bonds is 5. The lowest BCUT2D eigenvalue weighted by atomic mass is 10.2. The second-order valence-electron chi connectivity index (χ2n) is 5.65. The number of amides is 1. The second-order valence-corrected chi connectivity index (χ2v) is 5.65. The Morgan fingerprint density at radius 3 is 2.70 bits per heavy atom. The van der Waals surface area contributed by atoms with Crippen molar-refractivity contribution in [2.45, 2.75) is 6.92 Å². The van der Waals surface area contributed by atoms with Gasteiger partial charge in [0, 0.05) is 17.8 Å². The van der Waals surface area contributed by atoms with Gasteiger partial charge < -0.3 is 15.4 Å². The quantitative estimate of drug-likeness (QED) is 0.721. The van der Waals surface area contributed by atoms with E-state index in [1.165, 1.54) is 0 Å². The number of nitriles is 1. The smallest absolute Gasteiger partial charge is 0.274 e. The second kappa shape index (κ2) is 7.97. The Morgan fingerprint density at radius 2 is 1.93 bits per heavy atom. The van der Waals surface area contributed by atoms with Crippen LogP contribution < -0.4 is 15.4 Å². The highest BCUT2D eigenvalue weighted by Crippen LogP contribution is 2.21. The summed E-state index contributed by atoms with van der Waals surface area (Å²) in [5.41, 5.74) is 1.78. The predicted octanol–water partition coefficient (Wildman–Crippen LogP) is 3.66. The number of methoxy groups -OCH3 is 1. The third-order valence-electron chi connectivity index (χ3n) is 3.71. The van der Waals surface area contributed by atoms with Crippen LogP contribution >= 0.6 is 0 Å². The van der Waals surface area contributed by atoms with Gasteiger partial charge in [0.15, 0.2) is 0 Å². The molecular formula is C20H17N5O2. The summed E-state index contributed by atoms with van der Waals surface area (Å²) in [4.78, 5) is 21.1. The van der Waals surface area contributed by atoms with Gasteiger partial charge in [-0.2, -0.15) is 5.26 Å². The molecule has 0 atom stereocenters. The molecule has 0 spiro atoms. The van der Waals surface area contributed by atoms with Gasteiger partial charge in [-0.1, -0.05) is 18.2 Å². The summed E-state index contributed by atoms with van der Waals surface area (Å²) in [6.45, 7) is 1.71. The van der Waals surface area contributed by atoms with Crippen LogP contribution in [-0.2, 0) is 0 Å². The fourth-order valence-corrected chi connectivity index (χ4v) is 2.47. The lowest BCUT2D eigenvalue weighted by Crippen LogP contribution is -2.16. The number of nitrogens with one attached hydrogen (secondary N) is 2. The molecule has 0 unspecified atom stereocenters. The molecule has 0 saturated heterocycles. The van der Waals surface area contributed by atoms with E-state index in [0.717, 1.165) is 5.69 Å². The van der Waals surface area contributed by atoms with Crippen LogP contribution in [0.15, 0.2) is 54.6 Å². The summed E-state index contributed by atoms with van der Waals surface area (Å²) >= 11 is 0. The van der Waals surface area contributed by atoms with Gasteiger partial charge in [-0.05, 0) is 31.2 Å². The third-order valence-corrected chi connectivity index (χ3v) is 3.71. The van der Waals surface area contributed by atoms with Crippen molar-refractivity contribution in [3.05, 3.63) is 71.7 Å². The molecule has 7 nitrogen and oxygen atoms in total. The first kappa shape index (κ1) is 17.9. The van der Waals surface area contributed by atoms with Gasteiger partial charge in [0.1, 0.15) is 29.2 Å². The molecule has 2 aromatic carbocycles. The van der Waals surface area contributed by atoms with Gasteiger partial charge in [-0.3, -0.25) is 4.79 Å². The Hall–Kier alpha value is -3.92. The molecule has 27 heavy (non-hydrogen) atoms. The SMILES string of the molecule is COc1cccc(Nc2cc(C(=O)Nc3ccccc3C#N)nc(C)n2)c1. The number of carbonyl (C=O) groups is 1. The summed E-state index contributed by atoms with van der Waals surface area (Å²) in [6, 6.07) is 17.8. The molecule has 0 fully saturated rings. The molecule has 0 saturated carbocycles. The highest BCUT2D eigenvalue weighted by Gasteiger charge is 2.13. The van der Waals surface area contributed by atoms with E-state index in [9.17, 15) is 4.79 Å². The van der Waals surface area contributed by atoms with Crippen LogP contribution in [-0.4, -0.2) is 23.0 Å². The van der Waals surface area contributed by atoms with Gasteiger partial charge in [-0.25, -0.2) is 9.97 Å². The van der Waals surface area contributed by atoms with Crippen LogP contribution in [0.2, 0.25) is 0 Å². The first-order valence-electron chi connectivity index (χ1n) is 8.16. The Labute approximate surface area is 156 Å². The monoisotopic (exact) mass is 359 g/mol. The van der Waals surface area contributed by atoms with Crippen molar-refractivity contribution in [3.8, 4) is 11.8 Å². The fourth-order valence-electron chi connectivity index (χ4n) is 2.47. The zero-order chi connectivity index (χ0) is 19.2. The average Bonchev–Trinajstić information content (AvgIpc) is 2.68. The molecule has 0 radical (unpaired) electrons. The molecule has 0 aliphatic heterocycles.